The Morgan fingerprint density at radius 1 is 1.16 bits per heavy atom. The Bertz CT molecular complexity index is 687. The molecule has 25 heavy (non-hydrogen) atoms. The van der Waals surface area contributed by atoms with Crippen LogP contribution < -0.4 is 4.74 Å². The van der Waals surface area contributed by atoms with Crippen molar-refractivity contribution in [2.75, 3.05) is 20.2 Å². The first-order chi connectivity index (χ1) is 12.2. The summed E-state index contributed by atoms with van der Waals surface area (Å²) in [6.45, 7) is 1.10. The first-order valence-electron chi connectivity index (χ1n) is 8.45. The summed E-state index contributed by atoms with van der Waals surface area (Å²) in [5, 5.41) is 10.5. The molecule has 0 spiro atoms. The Labute approximate surface area is 147 Å². The van der Waals surface area contributed by atoms with E-state index < -0.39 is 6.10 Å². The molecule has 3 rings (SSSR count). The van der Waals surface area contributed by atoms with Crippen molar-refractivity contribution >= 4 is 6.09 Å². The molecule has 1 aliphatic heterocycles. The van der Waals surface area contributed by atoms with Gasteiger partial charge in [-0.05, 0) is 29.7 Å². The molecule has 5 nitrogen and oxygen atoms in total. The number of piperidine rings is 1. The second-order valence-corrected chi connectivity index (χ2v) is 6.22. The highest BCUT2D eigenvalue weighted by Crippen LogP contribution is 2.30. The lowest BCUT2D eigenvalue weighted by Gasteiger charge is -2.35. The Balaban J connectivity index is 1.54. The third-order valence-corrected chi connectivity index (χ3v) is 4.59. The van der Waals surface area contributed by atoms with Crippen LogP contribution in [0.1, 0.15) is 23.5 Å². The standard InChI is InChI=1S/C20H23NO4/c1-24-17-9-7-16(8-10-17)18-11-12-21(13-19(18)22)20(23)25-14-15-5-3-2-4-6-15/h2-10,18-19,22H,11-14H2,1H3. The quantitative estimate of drug-likeness (QED) is 0.928. The molecule has 0 aromatic heterocycles. The van der Waals surface area contributed by atoms with Crippen molar-refractivity contribution in [1.82, 2.24) is 4.90 Å². The Morgan fingerprint density at radius 2 is 1.88 bits per heavy atom. The molecule has 5 heteroatoms. The summed E-state index contributed by atoms with van der Waals surface area (Å²) in [6.07, 6.45) is -0.281. The molecular weight excluding hydrogens is 318 g/mol. The molecule has 1 aliphatic rings. The largest absolute Gasteiger partial charge is 0.497 e. The number of carbonyl (C=O) groups excluding carboxylic acids is 1. The number of rotatable bonds is 4. The van der Waals surface area contributed by atoms with Gasteiger partial charge in [0.2, 0.25) is 0 Å². The van der Waals surface area contributed by atoms with E-state index in [1.54, 1.807) is 12.0 Å². The molecule has 132 valence electrons. The highest BCUT2D eigenvalue weighted by atomic mass is 16.6. The fraction of sp³-hybridized carbons (Fsp3) is 0.350. The summed E-state index contributed by atoms with van der Waals surface area (Å²) in [4.78, 5) is 13.8. The van der Waals surface area contributed by atoms with E-state index in [1.807, 2.05) is 54.6 Å². The number of ether oxygens (including phenoxy) is 2. The molecule has 2 unspecified atom stereocenters. The molecule has 0 aliphatic carbocycles. The van der Waals surface area contributed by atoms with Crippen LogP contribution in [0.15, 0.2) is 54.6 Å². The zero-order valence-corrected chi connectivity index (χ0v) is 14.3. The van der Waals surface area contributed by atoms with Gasteiger partial charge in [-0.1, -0.05) is 42.5 Å². The Kier molecular flexibility index (Phi) is 5.56. The molecular formula is C20H23NO4. The highest BCUT2D eigenvalue weighted by molar-refractivity contribution is 5.68. The summed E-state index contributed by atoms with van der Waals surface area (Å²) >= 11 is 0. The van der Waals surface area contributed by atoms with Gasteiger partial charge in [0.15, 0.2) is 0 Å². The number of aliphatic hydroxyl groups excluding tert-OH is 1. The van der Waals surface area contributed by atoms with Gasteiger partial charge < -0.3 is 19.5 Å². The van der Waals surface area contributed by atoms with Crippen molar-refractivity contribution in [3.63, 3.8) is 0 Å². The molecule has 1 saturated heterocycles. The highest BCUT2D eigenvalue weighted by Gasteiger charge is 2.31. The maximum Gasteiger partial charge on any atom is 0.410 e. The second-order valence-electron chi connectivity index (χ2n) is 6.22. The van der Waals surface area contributed by atoms with Crippen LogP contribution in [0.4, 0.5) is 4.79 Å². The minimum absolute atomic E-state index is 0.0177. The predicted octanol–water partition coefficient (Wildman–Crippen LogP) is 3.18. The van der Waals surface area contributed by atoms with E-state index in [0.29, 0.717) is 13.0 Å². The van der Waals surface area contributed by atoms with Gasteiger partial charge in [-0.25, -0.2) is 4.79 Å². The lowest BCUT2D eigenvalue weighted by atomic mass is 9.87. The molecule has 2 atom stereocenters. The van der Waals surface area contributed by atoms with Crippen molar-refractivity contribution < 1.29 is 19.4 Å². The third kappa shape index (κ3) is 4.31. The van der Waals surface area contributed by atoms with Crippen LogP contribution in [0.3, 0.4) is 0 Å². The molecule has 2 aromatic rings. The number of benzene rings is 2. The van der Waals surface area contributed by atoms with Gasteiger partial charge >= 0.3 is 6.09 Å². The second kappa shape index (κ2) is 8.03. The number of β-amino-alcohol motifs (C(OH)–C–C–N with tert-alkyl or cyclic N) is 1. The van der Waals surface area contributed by atoms with Crippen LogP contribution in [0.2, 0.25) is 0 Å². The summed E-state index contributed by atoms with van der Waals surface area (Å²) in [7, 11) is 1.63. The third-order valence-electron chi connectivity index (χ3n) is 4.59. The average molecular weight is 341 g/mol. The average Bonchev–Trinajstić information content (AvgIpc) is 2.67. The van der Waals surface area contributed by atoms with Crippen LogP contribution in [0.25, 0.3) is 0 Å². The summed E-state index contributed by atoms with van der Waals surface area (Å²) in [5.74, 6) is 0.809. The van der Waals surface area contributed by atoms with E-state index in [0.717, 1.165) is 16.9 Å². The SMILES string of the molecule is COc1ccc(C2CCN(C(=O)OCc3ccccc3)CC2O)cc1. The lowest BCUT2D eigenvalue weighted by molar-refractivity contribution is 0.0344. The molecule has 0 saturated carbocycles. The van der Waals surface area contributed by atoms with Crippen molar-refractivity contribution in [3.05, 3.63) is 65.7 Å². The normalized spacial score (nSPS) is 20.2. The molecule has 1 N–H and O–H groups in total. The van der Waals surface area contributed by atoms with Crippen LogP contribution in [0.5, 0.6) is 5.75 Å². The monoisotopic (exact) mass is 341 g/mol. The molecule has 0 bridgehead atoms. The smallest absolute Gasteiger partial charge is 0.410 e. The van der Waals surface area contributed by atoms with E-state index in [-0.39, 0.29) is 25.2 Å². The fourth-order valence-corrected chi connectivity index (χ4v) is 3.15. The summed E-state index contributed by atoms with van der Waals surface area (Å²) in [6, 6.07) is 17.3. The number of nitrogens with zero attached hydrogens (tertiary/aromatic N) is 1. The lowest BCUT2D eigenvalue weighted by Crippen LogP contribution is -2.45. The van der Waals surface area contributed by atoms with Crippen LogP contribution in [-0.4, -0.2) is 42.4 Å². The van der Waals surface area contributed by atoms with Crippen LogP contribution in [-0.2, 0) is 11.3 Å². The summed E-state index contributed by atoms with van der Waals surface area (Å²) in [5.41, 5.74) is 2.01. The molecule has 1 heterocycles. The van der Waals surface area contributed by atoms with E-state index in [9.17, 15) is 9.90 Å². The van der Waals surface area contributed by atoms with Crippen molar-refractivity contribution in [2.45, 2.75) is 25.0 Å². The van der Waals surface area contributed by atoms with E-state index in [2.05, 4.69) is 0 Å². The van der Waals surface area contributed by atoms with Gasteiger partial charge in [-0.2, -0.15) is 0 Å². The number of amides is 1. The van der Waals surface area contributed by atoms with Gasteiger partial charge in [0.05, 0.1) is 19.8 Å². The molecule has 0 radical (unpaired) electrons. The van der Waals surface area contributed by atoms with Crippen molar-refractivity contribution in [2.24, 2.45) is 0 Å². The molecule has 1 amide bonds. The van der Waals surface area contributed by atoms with Gasteiger partial charge in [0.25, 0.3) is 0 Å². The molecule has 1 fully saturated rings. The number of carbonyl (C=O) groups is 1. The maximum atomic E-state index is 12.2. The number of aliphatic hydroxyl groups is 1. The van der Waals surface area contributed by atoms with Gasteiger partial charge in [-0.3, -0.25) is 0 Å². The fourth-order valence-electron chi connectivity index (χ4n) is 3.15. The molecule has 2 aromatic carbocycles. The zero-order valence-electron chi connectivity index (χ0n) is 14.3. The Hall–Kier alpha value is -2.53. The first kappa shape index (κ1) is 17.3. The van der Waals surface area contributed by atoms with Gasteiger partial charge in [-0.15, -0.1) is 0 Å². The van der Waals surface area contributed by atoms with E-state index >= 15 is 0 Å². The minimum Gasteiger partial charge on any atom is -0.497 e. The van der Waals surface area contributed by atoms with Crippen LogP contribution in [0, 0.1) is 0 Å². The summed E-state index contributed by atoms with van der Waals surface area (Å²) < 4.78 is 10.5. The number of likely N-dealkylation sites (tertiary alicyclic amines) is 1. The zero-order chi connectivity index (χ0) is 17.6. The van der Waals surface area contributed by atoms with E-state index in [4.69, 9.17) is 9.47 Å². The van der Waals surface area contributed by atoms with Crippen molar-refractivity contribution in [3.8, 4) is 5.75 Å². The number of hydrogen-bond donors (Lipinski definition) is 1. The topological polar surface area (TPSA) is 59.0 Å². The number of methoxy groups -OCH3 is 1. The Morgan fingerprint density at radius 3 is 2.52 bits per heavy atom. The van der Waals surface area contributed by atoms with Crippen molar-refractivity contribution in [1.29, 1.82) is 0 Å². The van der Waals surface area contributed by atoms with E-state index in [1.165, 1.54) is 0 Å². The first-order valence-corrected chi connectivity index (χ1v) is 8.45. The predicted molar refractivity (Wildman–Crippen MR) is 94.6 cm³/mol. The van der Waals surface area contributed by atoms with Crippen LogP contribution >= 0.6 is 0 Å². The number of hydrogen-bond acceptors (Lipinski definition) is 4. The minimum atomic E-state index is -0.605. The maximum absolute atomic E-state index is 12.2. The van der Waals surface area contributed by atoms with Gasteiger partial charge in [0.1, 0.15) is 12.4 Å². The van der Waals surface area contributed by atoms with Gasteiger partial charge in [0, 0.05) is 12.5 Å².